The van der Waals surface area contributed by atoms with Crippen LogP contribution < -0.4 is 9.47 Å². The fraction of sp³-hybridized carbons (Fsp3) is 0.417. The Morgan fingerprint density at radius 1 is 1.47 bits per heavy atom. The zero-order chi connectivity index (χ0) is 12.6. The van der Waals surface area contributed by atoms with Crippen LogP contribution in [-0.2, 0) is 0 Å². The normalized spacial score (nSPS) is 15.5. The third-order valence-electron chi connectivity index (χ3n) is 2.74. The number of hydrogen-bond acceptors (Lipinski definition) is 4. The van der Waals surface area contributed by atoms with E-state index in [1.54, 1.807) is 26.0 Å². The number of nitriles is 1. The molecule has 1 aliphatic heterocycles. The van der Waals surface area contributed by atoms with Crippen LogP contribution in [0.4, 0.5) is 0 Å². The van der Waals surface area contributed by atoms with E-state index in [9.17, 15) is 5.11 Å². The van der Waals surface area contributed by atoms with Gasteiger partial charge in [0.2, 0.25) is 6.79 Å². The van der Waals surface area contributed by atoms with E-state index in [1.165, 1.54) is 0 Å². The molecule has 0 fully saturated rings. The van der Waals surface area contributed by atoms with Crippen molar-refractivity contribution in [3.8, 4) is 17.6 Å². The van der Waals surface area contributed by atoms with E-state index in [0.717, 1.165) is 0 Å². The zero-order valence-electron chi connectivity index (χ0n) is 9.53. The van der Waals surface area contributed by atoms with Crippen LogP contribution in [0.25, 0.3) is 0 Å². The first-order valence-corrected chi connectivity index (χ1v) is 5.52. The largest absolute Gasteiger partial charge is 0.454 e. The molecule has 0 radical (unpaired) electrons. The summed E-state index contributed by atoms with van der Waals surface area (Å²) in [6.45, 7) is 3.45. The second-order valence-corrected chi connectivity index (χ2v) is 4.88. The highest BCUT2D eigenvalue weighted by Gasteiger charge is 2.31. The minimum atomic E-state index is -0.931. The SMILES string of the molecule is CC(C)(C#N)C(O)c1cc(Cl)c2c(c1)OCO2. The fourth-order valence-electron chi connectivity index (χ4n) is 1.62. The van der Waals surface area contributed by atoms with Crippen molar-refractivity contribution in [3.05, 3.63) is 22.7 Å². The van der Waals surface area contributed by atoms with Crippen molar-refractivity contribution in [1.82, 2.24) is 0 Å². The number of halogens is 1. The average molecular weight is 254 g/mol. The Morgan fingerprint density at radius 2 is 2.18 bits per heavy atom. The van der Waals surface area contributed by atoms with Gasteiger partial charge in [-0.25, -0.2) is 0 Å². The Morgan fingerprint density at radius 3 is 2.82 bits per heavy atom. The topological polar surface area (TPSA) is 62.5 Å². The molecule has 2 rings (SSSR count). The van der Waals surface area contributed by atoms with E-state index in [1.807, 2.05) is 0 Å². The molecule has 1 aromatic carbocycles. The van der Waals surface area contributed by atoms with Crippen LogP contribution in [0, 0.1) is 16.7 Å². The van der Waals surface area contributed by atoms with E-state index in [-0.39, 0.29) is 6.79 Å². The van der Waals surface area contributed by atoms with Gasteiger partial charge in [0.25, 0.3) is 0 Å². The number of rotatable bonds is 2. The molecule has 1 atom stereocenters. The summed E-state index contributed by atoms with van der Waals surface area (Å²) >= 11 is 6.01. The lowest BCUT2D eigenvalue weighted by Gasteiger charge is -2.23. The number of fused-ring (bicyclic) bond motifs is 1. The highest BCUT2D eigenvalue weighted by Crippen LogP contribution is 2.43. The molecule has 0 spiro atoms. The van der Waals surface area contributed by atoms with Crippen LogP contribution in [-0.4, -0.2) is 11.9 Å². The predicted octanol–water partition coefficient (Wildman–Crippen LogP) is 2.65. The maximum Gasteiger partial charge on any atom is 0.231 e. The van der Waals surface area contributed by atoms with E-state index >= 15 is 0 Å². The highest BCUT2D eigenvalue weighted by molar-refractivity contribution is 6.32. The van der Waals surface area contributed by atoms with E-state index in [0.29, 0.717) is 22.1 Å². The molecule has 0 aliphatic carbocycles. The maximum absolute atomic E-state index is 10.1. The van der Waals surface area contributed by atoms with Crippen molar-refractivity contribution < 1.29 is 14.6 Å². The van der Waals surface area contributed by atoms with Crippen LogP contribution in [0.2, 0.25) is 5.02 Å². The first kappa shape index (κ1) is 12.0. The van der Waals surface area contributed by atoms with E-state index in [2.05, 4.69) is 6.07 Å². The van der Waals surface area contributed by atoms with Gasteiger partial charge in [-0.2, -0.15) is 5.26 Å². The Hall–Kier alpha value is -1.44. The third-order valence-corrected chi connectivity index (χ3v) is 3.02. The first-order valence-electron chi connectivity index (χ1n) is 5.14. The second-order valence-electron chi connectivity index (χ2n) is 4.47. The summed E-state index contributed by atoms with van der Waals surface area (Å²) in [5.41, 5.74) is -0.345. The smallest absolute Gasteiger partial charge is 0.231 e. The summed E-state index contributed by atoms with van der Waals surface area (Å²) in [5.74, 6) is 0.984. The lowest BCUT2D eigenvalue weighted by atomic mass is 9.84. The highest BCUT2D eigenvalue weighted by atomic mass is 35.5. The van der Waals surface area contributed by atoms with Gasteiger partial charge in [-0.3, -0.25) is 0 Å². The summed E-state index contributed by atoms with van der Waals surface area (Å²) in [7, 11) is 0. The predicted molar refractivity (Wildman–Crippen MR) is 61.9 cm³/mol. The van der Waals surface area contributed by atoms with Gasteiger partial charge >= 0.3 is 0 Å². The second kappa shape index (κ2) is 4.10. The molecular formula is C12H12ClNO3. The van der Waals surface area contributed by atoms with Crippen LogP contribution in [0.1, 0.15) is 25.5 Å². The van der Waals surface area contributed by atoms with Crippen molar-refractivity contribution >= 4 is 11.6 Å². The molecule has 17 heavy (non-hydrogen) atoms. The molecule has 0 saturated carbocycles. The fourth-order valence-corrected chi connectivity index (χ4v) is 1.90. The van der Waals surface area contributed by atoms with E-state index in [4.69, 9.17) is 26.3 Å². The summed E-state index contributed by atoms with van der Waals surface area (Å²) in [4.78, 5) is 0. The Kier molecular flexibility index (Phi) is 2.90. The standard InChI is InChI=1S/C12H12ClNO3/c1-12(2,5-14)11(15)7-3-8(13)10-9(4-7)16-6-17-10/h3-4,11,15H,6H2,1-2H3. The number of aliphatic hydroxyl groups is 1. The van der Waals surface area contributed by atoms with Gasteiger partial charge in [0, 0.05) is 0 Å². The monoisotopic (exact) mass is 253 g/mol. The summed E-state index contributed by atoms with van der Waals surface area (Å²) in [6.07, 6.45) is -0.931. The molecule has 1 heterocycles. The van der Waals surface area contributed by atoms with Crippen LogP contribution >= 0.6 is 11.6 Å². The minimum Gasteiger partial charge on any atom is -0.454 e. The molecule has 0 amide bonds. The molecule has 0 aromatic heterocycles. The van der Waals surface area contributed by atoms with Crippen molar-refractivity contribution in [2.45, 2.75) is 20.0 Å². The molecule has 1 N–H and O–H groups in total. The summed E-state index contributed by atoms with van der Waals surface area (Å²) in [6, 6.07) is 5.31. The molecule has 5 heteroatoms. The number of aliphatic hydroxyl groups excluding tert-OH is 1. The molecule has 1 unspecified atom stereocenters. The van der Waals surface area contributed by atoms with Crippen molar-refractivity contribution in [2.75, 3.05) is 6.79 Å². The van der Waals surface area contributed by atoms with Gasteiger partial charge in [0.05, 0.1) is 22.6 Å². The number of ether oxygens (including phenoxy) is 2. The molecule has 1 aliphatic rings. The lowest BCUT2D eigenvalue weighted by molar-refractivity contribution is 0.0865. The summed E-state index contributed by atoms with van der Waals surface area (Å²) in [5, 5.41) is 19.5. The van der Waals surface area contributed by atoms with Crippen LogP contribution in [0.3, 0.4) is 0 Å². The van der Waals surface area contributed by atoms with Gasteiger partial charge in [-0.05, 0) is 31.5 Å². The number of nitrogens with zero attached hydrogens (tertiary/aromatic N) is 1. The number of benzene rings is 1. The third kappa shape index (κ3) is 2.04. The Bertz CT molecular complexity index is 493. The number of hydrogen-bond donors (Lipinski definition) is 1. The molecule has 4 nitrogen and oxygen atoms in total. The minimum absolute atomic E-state index is 0.121. The zero-order valence-corrected chi connectivity index (χ0v) is 10.3. The molecule has 0 saturated heterocycles. The Balaban J connectivity index is 2.42. The summed E-state index contributed by atoms with van der Waals surface area (Å²) < 4.78 is 10.4. The van der Waals surface area contributed by atoms with Crippen molar-refractivity contribution in [2.24, 2.45) is 5.41 Å². The first-order chi connectivity index (χ1) is 7.95. The van der Waals surface area contributed by atoms with Gasteiger partial charge in [0.1, 0.15) is 0 Å². The van der Waals surface area contributed by atoms with Gasteiger partial charge in [-0.1, -0.05) is 11.6 Å². The van der Waals surface area contributed by atoms with Gasteiger partial charge in [0.15, 0.2) is 11.5 Å². The molecular weight excluding hydrogens is 242 g/mol. The van der Waals surface area contributed by atoms with Gasteiger partial charge < -0.3 is 14.6 Å². The van der Waals surface area contributed by atoms with Crippen LogP contribution in [0.15, 0.2) is 12.1 Å². The Labute approximate surface area is 104 Å². The lowest BCUT2D eigenvalue weighted by Crippen LogP contribution is -2.19. The molecule has 0 bridgehead atoms. The van der Waals surface area contributed by atoms with Gasteiger partial charge in [-0.15, -0.1) is 0 Å². The quantitative estimate of drug-likeness (QED) is 0.880. The van der Waals surface area contributed by atoms with Crippen LogP contribution in [0.5, 0.6) is 11.5 Å². The molecule has 90 valence electrons. The van der Waals surface area contributed by atoms with Crippen molar-refractivity contribution in [1.29, 1.82) is 5.26 Å². The molecule has 1 aromatic rings. The van der Waals surface area contributed by atoms with Crippen molar-refractivity contribution in [3.63, 3.8) is 0 Å². The maximum atomic E-state index is 10.1. The van der Waals surface area contributed by atoms with E-state index < -0.39 is 11.5 Å². The average Bonchev–Trinajstić information content (AvgIpc) is 2.76.